The van der Waals surface area contributed by atoms with Crippen LogP contribution in [0.25, 0.3) is 11.4 Å². The second kappa shape index (κ2) is 3.64. The zero-order chi connectivity index (χ0) is 10.1. The summed E-state index contributed by atoms with van der Waals surface area (Å²) >= 11 is 11.8. The molecule has 72 valence electrons. The molecule has 1 aromatic heterocycles. The van der Waals surface area contributed by atoms with E-state index in [4.69, 9.17) is 23.2 Å². The van der Waals surface area contributed by atoms with Crippen LogP contribution in [0, 0.1) is 6.92 Å². The van der Waals surface area contributed by atoms with Crippen molar-refractivity contribution in [2.45, 2.75) is 6.92 Å². The number of aromatic nitrogens is 2. The minimum Gasteiger partial charge on any atom is -0.342 e. The van der Waals surface area contributed by atoms with Crippen LogP contribution in [-0.2, 0) is 0 Å². The third kappa shape index (κ3) is 1.91. The van der Waals surface area contributed by atoms with E-state index in [1.165, 1.54) is 0 Å². The fourth-order valence-electron chi connectivity index (χ4n) is 1.25. The smallest absolute Gasteiger partial charge is 0.137 e. The monoisotopic (exact) mass is 226 g/mol. The van der Waals surface area contributed by atoms with Gasteiger partial charge < -0.3 is 4.98 Å². The summed E-state index contributed by atoms with van der Waals surface area (Å²) in [5, 5.41) is 1.23. The molecule has 1 N–H and O–H groups in total. The molecule has 0 saturated heterocycles. The van der Waals surface area contributed by atoms with Gasteiger partial charge in [-0.25, -0.2) is 4.98 Å². The van der Waals surface area contributed by atoms with Gasteiger partial charge in [0.15, 0.2) is 0 Å². The van der Waals surface area contributed by atoms with E-state index >= 15 is 0 Å². The van der Waals surface area contributed by atoms with Crippen LogP contribution in [0.15, 0.2) is 24.4 Å². The summed E-state index contributed by atoms with van der Waals surface area (Å²) in [6, 6.07) is 5.35. The van der Waals surface area contributed by atoms with Crippen LogP contribution < -0.4 is 0 Å². The number of rotatable bonds is 1. The lowest BCUT2D eigenvalue weighted by molar-refractivity contribution is 1.26. The maximum atomic E-state index is 5.88. The first kappa shape index (κ1) is 9.56. The Morgan fingerprint density at radius 1 is 1.14 bits per heavy atom. The van der Waals surface area contributed by atoms with Crippen molar-refractivity contribution in [3.63, 3.8) is 0 Å². The van der Waals surface area contributed by atoms with Crippen LogP contribution >= 0.6 is 23.2 Å². The van der Waals surface area contributed by atoms with Gasteiger partial charge in [0, 0.05) is 27.5 Å². The Balaban J connectivity index is 2.51. The van der Waals surface area contributed by atoms with Gasteiger partial charge in [-0.3, -0.25) is 0 Å². The van der Waals surface area contributed by atoms with Crippen LogP contribution in [0.3, 0.4) is 0 Å². The lowest BCUT2D eigenvalue weighted by Gasteiger charge is -1.99. The van der Waals surface area contributed by atoms with E-state index in [0.29, 0.717) is 10.0 Å². The first-order chi connectivity index (χ1) is 6.65. The van der Waals surface area contributed by atoms with Gasteiger partial charge in [0.25, 0.3) is 0 Å². The quantitative estimate of drug-likeness (QED) is 0.790. The molecule has 0 amide bonds. The van der Waals surface area contributed by atoms with Crippen LogP contribution in [0.4, 0.5) is 0 Å². The molecular weight excluding hydrogens is 219 g/mol. The summed E-state index contributed by atoms with van der Waals surface area (Å²) in [6.07, 6.45) is 1.77. The minimum atomic E-state index is 0.613. The highest BCUT2D eigenvalue weighted by molar-refractivity contribution is 6.35. The topological polar surface area (TPSA) is 28.7 Å². The predicted molar refractivity (Wildman–Crippen MR) is 58.8 cm³/mol. The van der Waals surface area contributed by atoms with E-state index in [0.717, 1.165) is 17.1 Å². The number of hydrogen-bond donors (Lipinski definition) is 1. The highest BCUT2D eigenvalue weighted by atomic mass is 35.5. The lowest BCUT2D eigenvalue weighted by Crippen LogP contribution is -1.81. The molecule has 0 unspecified atom stereocenters. The average molecular weight is 227 g/mol. The Morgan fingerprint density at radius 3 is 2.29 bits per heavy atom. The van der Waals surface area contributed by atoms with Gasteiger partial charge in [0.2, 0.25) is 0 Å². The van der Waals surface area contributed by atoms with E-state index in [2.05, 4.69) is 9.97 Å². The average Bonchev–Trinajstić information content (AvgIpc) is 2.50. The number of aromatic amines is 1. The zero-order valence-electron chi connectivity index (χ0n) is 7.51. The summed E-state index contributed by atoms with van der Waals surface area (Å²) in [6.45, 7) is 1.95. The Morgan fingerprint density at radius 2 is 1.79 bits per heavy atom. The lowest BCUT2D eigenvalue weighted by atomic mass is 10.2. The van der Waals surface area contributed by atoms with Crippen molar-refractivity contribution < 1.29 is 0 Å². The highest BCUT2D eigenvalue weighted by Gasteiger charge is 2.03. The molecule has 0 aliphatic rings. The molecule has 0 atom stereocenters. The third-order valence-electron chi connectivity index (χ3n) is 1.84. The molecule has 2 rings (SSSR count). The molecule has 0 bridgehead atoms. The Kier molecular flexibility index (Phi) is 2.48. The van der Waals surface area contributed by atoms with Crippen LogP contribution in [0.2, 0.25) is 10.0 Å². The van der Waals surface area contributed by atoms with Crippen LogP contribution in [-0.4, -0.2) is 9.97 Å². The minimum absolute atomic E-state index is 0.613. The number of H-pyrrole nitrogens is 1. The van der Waals surface area contributed by atoms with Gasteiger partial charge >= 0.3 is 0 Å². The van der Waals surface area contributed by atoms with E-state index < -0.39 is 0 Å². The van der Waals surface area contributed by atoms with Gasteiger partial charge in [-0.05, 0) is 25.1 Å². The van der Waals surface area contributed by atoms with Crippen molar-refractivity contribution in [2.24, 2.45) is 0 Å². The number of nitrogens with zero attached hydrogens (tertiary/aromatic N) is 1. The Labute approximate surface area is 91.9 Å². The fourth-order valence-corrected chi connectivity index (χ4v) is 1.78. The van der Waals surface area contributed by atoms with E-state index in [1.807, 2.05) is 19.1 Å². The largest absolute Gasteiger partial charge is 0.342 e. The summed E-state index contributed by atoms with van der Waals surface area (Å²) < 4.78 is 0. The SMILES string of the molecule is Cc1cnc(-c2cc(Cl)cc(Cl)c2)[nH]1. The number of halogens is 2. The van der Waals surface area contributed by atoms with Crippen LogP contribution in [0.1, 0.15) is 5.69 Å². The van der Waals surface area contributed by atoms with Gasteiger partial charge in [-0.15, -0.1) is 0 Å². The van der Waals surface area contributed by atoms with Crippen molar-refractivity contribution >= 4 is 23.2 Å². The van der Waals surface area contributed by atoms with Crippen molar-refractivity contribution in [1.82, 2.24) is 9.97 Å². The standard InChI is InChI=1S/C10H8Cl2N2/c1-6-5-13-10(14-6)7-2-8(11)4-9(12)3-7/h2-5H,1H3,(H,13,14). The van der Waals surface area contributed by atoms with Gasteiger partial charge in [-0.1, -0.05) is 23.2 Å². The number of benzene rings is 1. The number of nitrogens with one attached hydrogen (secondary N) is 1. The van der Waals surface area contributed by atoms with Crippen molar-refractivity contribution in [1.29, 1.82) is 0 Å². The van der Waals surface area contributed by atoms with Crippen molar-refractivity contribution in [3.8, 4) is 11.4 Å². The molecule has 2 aromatic rings. The Bertz CT molecular complexity index is 443. The van der Waals surface area contributed by atoms with Crippen LogP contribution in [0.5, 0.6) is 0 Å². The summed E-state index contributed by atoms with van der Waals surface area (Å²) in [5.41, 5.74) is 1.91. The Hall–Kier alpha value is -0.990. The van der Waals surface area contributed by atoms with Crippen molar-refractivity contribution in [2.75, 3.05) is 0 Å². The molecule has 0 spiro atoms. The summed E-state index contributed by atoms with van der Waals surface area (Å²) in [7, 11) is 0. The number of aryl methyl sites for hydroxylation is 1. The molecule has 0 radical (unpaired) electrons. The first-order valence-electron chi connectivity index (χ1n) is 4.13. The molecule has 4 heteroatoms. The maximum absolute atomic E-state index is 5.88. The first-order valence-corrected chi connectivity index (χ1v) is 4.89. The van der Waals surface area contributed by atoms with E-state index in [1.54, 1.807) is 12.3 Å². The van der Waals surface area contributed by atoms with Gasteiger partial charge in [-0.2, -0.15) is 0 Å². The predicted octanol–water partition coefficient (Wildman–Crippen LogP) is 3.69. The molecule has 0 aliphatic heterocycles. The molecule has 0 aliphatic carbocycles. The molecule has 0 saturated carbocycles. The highest BCUT2D eigenvalue weighted by Crippen LogP contribution is 2.25. The third-order valence-corrected chi connectivity index (χ3v) is 2.28. The molecule has 2 nitrogen and oxygen atoms in total. The summed E-state index contributed by atoms with van der Waals surface area (Å²) in [4.78, 5) is 7.31. The van der Waals surface area contributed by atoms with Crippen molar-refractivity contribution in [3.05, 3.63) is 40.1 Å². The van der Waals surface area contributed by atoms with E-state index in [-0.39, 0.29) is 0 Å². The maximum Gasteiger partial charge on any atom is 0.137 e. The molecule has 1 aromatic carbocycles. The fraction of sp³-hybridized carbons (Fsp3) is 0.100. The second-order valence-electron chi connectivity index (χ2n) is 3.07. The molecule has 14 heavy (non-hydrogen) atoms. The molecule has 0 fully saturated rings. The van der Waals surface area contributed by atoms with Gasteiger partial charge in [0.1, 0.15) is 5.82 Å². The number of hydrogen-bond acceptors (Lipinski definition) is 1. The summed E-state index contributed by atoms with van der Waals surface area (Å²) in [5.74, 6) is 0.784. The van der Waals surface area contributed by atoms with Gasteiger partial charge in [0.05, 0.1) is 0 Å². The zero-order valence-corrected chi connectivity index (χ0v) is 9.02. The second-order valence-corrected chi connectivity index (χ2v) is 3.95. The molecule has 1 heterocycles. The van der Waals surface area contributed by atoms with E-state index in [9.17, 15) is 0 Å². The molecular formula is C10H8Cl2N2. The normalized spacial score (nSPS) is 10.5. The number of imidazole rings is 1.